The highest BCUT2D eigenvalue weighted by molar-refractivity contribution is 6.30. The fraction of sp³-hybridized carbons (Fsp3) is 0.714. The van der Waals surface area contributed by atoms with Crippen molar-refractivity contribution in [3.8, 4) is 0 Å². The monoisotopic (exact) mass is 284 g/mol. The Hall–Kier alpha value is -0.870. The van der Waals surface area contributed by atoms with E-state index in [1.54, 1.807) is 0 Å². The van der Waals surface area contributed by atoms with E-state index in [-0.39, 0.29) is 0 Å². The van der Waals surface area contributed by atoms with Crippen LogP contribution in [0, 0.1) is 19.8 Å². The molecule has 0 spiro atoms. The molecule has 1 heterocycles. The molecule has 108 valence electrons. The quantitative estimate of drug-likeness (QED) is 0.815. The lowest BCUT2D eigenvalue weighted by Gasteiger charge is -2.25. The normalized spacial score (nSPS) is 13.1. The third-order valence-electron chi connectivity index (χ3n) is 2.88. The Kier molecular flexibility index (Phi) is 6.01. The van der Waals surface area contributed by atoms with Crippen LogP contribution in [0.3, 0.4) is 0 Å². The summed E-state index contributed by atoms with van der Waals surface area (Å²) in [7, 11) is 4.17. The molecule has 0 aromatic carbocycles. The first-order valence-electron chi connectivity index (χ1n) is 6.71. The number of anilines is 1. The molecule has 19 heavy (non-hydrogen) atoms. The number of aromatic nitrogens is 2. The van der Waals surface area contributed by atoms with Crippen LogP contribution in [0.5, 0.6) is 0 Å². The van der Waals surface area contributed by atoms with Crippen LogP contribution in [0.4, 0.5) is 5.82 Å². The average Bonchev–Trinajstić information content (AvgIpc) is 2.23. The smallest absolute Gasteiger partial charge is 0.137 e. The van der Waals surface area contributed by atoms with Crippen molar-refractivity contribution in [3.63, 3.8) is 0 Å². The third-order valence-corrected chi connectivity index (χ3v) is 3.25. The van der Waals surface area contributed by atoms with Crippen molar-refractivity contribution in [2.75, 3.05) is 26.0 Å². The highest BCUT2D eigenvalue weighted by Gasteiger charge is 2.15. The molecule has 1 rings (SSSR count). The molecule has 1 aromatic heterocycles. The summed E-state index contributed by atoms with van der Waals surface area (Å²) in [5, 5.41) is 4.05. The second-order valence-electron chi connectivity index (χ2n) is 5.77. The summed E-state index contributed by atoms with van der Waals surface area (Å²) in [6.45, 7) is 9.25. The van der Waals surface area contributed by atoms with Crippen LogP contribution in [-0.2, 0) is 0 Å². The van der Waals surface area contributed by atoms with Crippen molar-refractivity contribution >= 4 is 17.4 Å². The molecule has 0 saturated carbocycles. The summed E-state index contributed by atoms with van der Waals surface area (Å²) in [5.41, 5.74) is 0.916. The van der Waals surface area contributed by atoms with Crippen molar-refractivity contribution in [1.82, 2.24) is 14.9 Å². The molecule has 0 saturated heterocycles. The fourth-order valence-electron chi connectivity index (χ4n) is 2.12. The van der Waals surface area contributed by atoms with Gasteiger partial charge in [-0.25, -0.2) is 9.97 Å². The molecule has 5 heteroatoms. The predicted octanol–water partition coefficient (Wildman–Crippen LogP) is 3.14. The molecular weight excluding hydrogens is 260 g/mol. The zero-order chi connectivity index (χ0) is 14.6. The Morgan fingerprint density at radius 1 is 1.21 bits per heavy atom. The van der Waals surface area contributed by atoms with E-state index in [4.69, 9.17) is 11.6 Å². The van der Waals surface area contributed by atoms with Crippen LogP contribution in [-0.4, -0.2) is 41.5 Å². The van der Waals surface area contributed by atoms with E-state index in [0.29, 0.717) is 22.9 Å². The van der Waals surface area contributed by atoms with E-state index in [0.717, 1.165) is 24.3 Å². The van der Waals surface area contributed by atoms with Gasteiger partial charge in [0.05, 0.1) is 0 Å². The molecule has 4 nitrogen and oxygen atoms in total. The maximum Gasteiger partial charge on any atom is 0.137 e. The predicted molar refractivity (Wildman–Crippen MR) is 81.9 cm³/mol. The van der Waals surface area contributed by atoms with Crippen LogP contribution in [0.2, 0.25) is 5.15 Å². The number of likely N-dealkylation sites (N-methyl/N-ethyl adjacent to an activating group) is 1. The summed E-state index contributed by atoms with van der Waals surface area (Å²) in [6.07, 6.45) is 1.10. The van der Waals surface area contributed by atoms with Gasteiger partial charge in [-0.05, 0) is 40.3 Å². The SMILES string of the molecule is Cc1nc(Cl)c(C)c(NC(CC(C)C)CN(C)C)n1. The summed E-state index contributed by atoms with van der Waals surface area (Å²) in [6, 6.07) is 0.360. The molecule has 0 aliphatic heterocycles. The van der Waals surface area contributed by atoms with Gasteiger partial charge in [-0.1, -0.05) is 25.4 Å². The second kappa shape index (κ2) is 7.06. The number of rotatable bonds is 6. The number of aryl methyl sites for hydroxylation is 1. The minimum atomic E-state index is 0.360. The lowest BCUT2D eigenvalue weighted by Crippen LogP contribution is -2.34. The van der Waals surface area contributed by atoms with E-state index < -0.39 is 0 Å². The zero-order valence-electron chi connectivity index (χ0n) is 12.8. The van der Waals surface area contributed by atoms with Gasteiger partial charge < -0.3 is 10.2 Å². The van der Waals surface area contributed by atoms with E-state index in [9.17, 15) is 0 Å². The molecule has 0 radical (unpaired) electrons. The summed E-state index contributed by atoms with van der Waals surface area (Å²) >= 11 is 6.11. The van der Waals surface area contributed by atoms with Gasteiger partial charge in [0, 0.05) is 18.2 Å². The Labute approximate surface area is 121 Å². The Bertz CT molecular complexity index is 408. The average molecular weight is 285 g/mol. The van der Waals surface area contributed by atoms with Gasteiger partial charge in [-0.15, -0.1) is 0 Å². The van der Waals surface area contributed by atoms with E-state index in [2.05, 4.69) is 48.1 Å². The second-order valence-corrected chi connectivity index (χ2v) is 6.13. The topological polar surface area (TPSA) is 41.1 Å². The first-order valence-corrected chi connectivity index (χ1v) is 7.09. The Balaban J connectivity index is 2.89. The van der Waals surface area contributed by atoms with Gasteiger partial charge in [-0.2, -0.15) is 0 Å². The fourth-order valence-corrected chi connectivity index (χ4v) is 2.33. The van der Waals surface area contributed by atoms with Gasteiger partial charge >= 0.3 is 0 Å². The first kappa shape index (κ1) is 16.2. The zero-order valence-corrected chi connectivity index (χ0v) is 13.5. The Morgan fingerprint density at radius 2 is 1.84 bits per heavy atom. The number of nitrogens with zero attached hydrogens (tertiary/aromatic N) is 3. The van der Waals surface area contributed by atoms with E-state index in [1.165, 1.54) is 0 Å². The van der Waals surface area contributed by atoms with Crippen molar-refractivity contribution < 1.29 is 0 Å². The highest BCUT2D eigenvalue weighted by Crippen LogP contribution is 2.21. The number of halogens is 1. The minimum absolute atomic E-state index is 0.360. The number of nitrogens with one attached hydrogen (secondary N) is 1. The van der Waals surface area contributed by atoms with Gasteiger partial charge in [0.15, 0.2) is 0 Å². The van der Waals surface area contributed by atoms with E-state index >= 15 is 0 Å². The van der Waals surface area contributed by atoms with Crippen molar-refractivity contribution in [3.05, 3.63) is 16.5 Å². The van der Waals surface area contributed by atoms with Gasteiger partial charge in [0.2, 0.25) is 0 Å². The van der Waals surface area contributed by atoms with Gasteiger partial charge in [-0.3, -0.25) is 0 Å². The van der Waals surface area contributed by atoms with E-state index in [1.807, 2.05) is 13.8 Å². The molecule has 0 aliphatic rings. The molecule has 0 aliphatic carbocycles. The first-order chi connectivity index (χ1) is 8.79. The lowest BCUT2D eigenvalue weighted by molar-refractivity contribution is 0.356. The molecular formula is C14H25ClN4. The molecule has 1 N–H and O–H groups in total. The molecule has 0 amide bonds. The largest absolute Gasteiger partial charge is 0.366 e. The molecule has 1 aromatic rings. The highest BCUT2D eigenvalue weighted by atomic mass is 35.5. The summed E-state index contributed by atoms with van der Waals surface area (Å²) in [5.74, 6) is 2.19. The number of hydrogen-bond acceptors (Lipinski definition) is 4. The maximum atomic E-state index is 6.11. The van der Waals surface area contributed by atoms with Crippen LogP contribution in [0.1, 0.15) is 31.7 Å². The minimum Gasteiger partial charge on any atom is -0.366 e. The molecule has 0 fully saturated rings. The molecule has 1 unspecified atom stereocenters. The van der Waals surface area contributed by atoms with Gasteiger partial charge in [0.25, 0.3) is 0 Å². The van der Waals surface area contributed by atoms with Crippen molar-refractivity contribution in [2.24, 2.45) is 5.92 Å². The van der Waals surface area contributed by atoms with Crippen molar-refractivity contribution in [1.29, 1.82) is 0 Å². The van der Waals surface area contributed by atoms with Crippen LogP contribution in [0.25, 0.3) is 0 Å². The Morgan fingerprint density at radius 3 is 2.37 bits per heavy atom. The third kappa shape index (κ3) is 5.33. The molecule has 1 atom stereocenters. The lowest BCUT2D eigenvalue weighted by atomic mass is 10.0. The van der Waals surface area contributed by atoms with Crippen LogP contribution < -0.4 is 5.32 Å². The van der Waals surface area contributed by atoms with Gasteiger partial charge in [0.1, 0.15) is 16.8 Å². The van der Waals surface area contributed by atoms with Crippen LogP contribution in [0.15, 0.2) is 0 Å². The van der Waals surface area contributed by atoms with Crippen LogP contribution >= 0.6 is 11.6 Å². The number of hydrogen-bond donors (Lipinski definition) is 1. The standard InChI is InChI=1S/C14H25ClN4/c1-9(2)7-12(8-19(5)6)18-14-10(3)13(15)16-11(4)17-14/h9,12H,7-8H2,1-6H3,(H,16,17,18). The summed E-state index contributed by atoms with van der Waals surface area (Å²) < 4.78 is 0. The van der Waals surface area contributed by atoms with Crippen molar-refractivity contribution in [2.45, 2.75) is 40.2 Å². The summed E-state index contributed by atoms with van der Waals surface area (Å²) in [4.78, 5) is 10.8. The maximum absolute atomic E-state index is 6.11. The molecule has 0 bridgehead atoms.